The van der Waals surface area contributed by atoms with Gasteiger partial charge in [-0.25, -0.2) is 9.97 Å². The molecule has 0 radical (unpaired) electrons. The molecule has 0 aliphatic heterocycles. The van der Waals surface area contributed by atoms with Crippen LogP contribution in [0.4, 0.5) is 0 Å². The predicted molar refractivity (Wildman–Crippen MR) is 76.7 cm³/mol. The molecule has 5 heteroatoms. The largest absolute Gasteiger partial charge is 0.437 e. The Labute approximate surface area is 115 Å². The lowest BCUT2D eigenvalue weighted by Gasteiger charge is -2.06. The number of fused-ring (bicyclic) bond motifs is 1. The summed E-state index contributed by atoms with van der Waals surface area (Å²) in [4.78, 5) is 8.39. The number of ether oxygens (including phenoxy) is 1. The van der Waals surface area contributed by atoms with E-state index in [-0.39, 0.29) is 0 Å². The second kappa shape index (κ2) is 5.34. The van der Waals surface area contributed by atoms with Crippen molar-refractivity contribution in [1.82, 2.24) is 15.3 Å². The first-order valence-corrected chi connectivity index (χ1v) is 6.84. The van der Waals surface area contributed by atoms with Crippen LogP contribution in [0.15, 0.2) is 42.0 Å². The Kier molecular flexibility index (Phi) is 3.39. The fraction of sp³-hybridized carbons (Fsp3) is 0.143. The van der Waals surface area contributed by atoms with Gasteiger partial charge in [-0.15, -0.1) is 11.3 Å². The van der Waals surface area contributed by atoms with Gasteiger partial charge in [0.1, 0.15) is 16.8 Å². The number of hydrogen-bond donors (Lipinski definition) is 1. The van der Waals surface area contributed by atoms with Gasteiger partial charge in [-0.3, -0.25) is 0 Å². The van der Waals surface area contributed by atoms with E-state index in [1.807, 2.05) is 42.8 Å². The minimum absolute atomic E-state index is 0.612. The van der Waals surface area contributed by atoms with Crippen LogP contribution in [-0.2, 0) is 6.54 Å². The summed E-state index contributed by atoms with van der Waals surface area (Å²) in [7, 11) is 1.93. The lowest BCUT2D eigenvalue weighted by molar-refractivity contribution is 0.469. The van der Waals surface area contributed by atoms with E-state index < -0.39 is 0 Å². The number of benzene rings is 1. The zero-order valence-corrected chi connectivity index (χ0v) is 11.3. The normalized spacial score (nSPS) is 10.8. The minimum atomic E-state index is 0.612. The standard InChI is InChI=1S/C14H13N3OS/c1-15-8-10-2-4-11(5-3-10)18-14-13-12(6-7-19-13)16-9-17-14/h2-7,9,15H,8H2,1H3. The van der Waals surface area contributed by atoms with Crippen LogP contribution in [0.3, 0.4) is 0 Å². The van der Waals surface area contributed by atoms with Gasteiger partial charge in [0, 0.05) is 6.54 Å². The molecule has 4 nitrogen and oxygen atoms in total. The van der Waals surface area contributed by atoms with Crippen molar-refractivity contribution < 1.29 is 4.74 Å². The van der Waals surface area contributed by atoms with Crippen LogP contribution in [0.1, 0.15) is 5.56 Å². The van der Waals surface area contributed by atoms with E-state index in [2.05, 4.69) is 15.3 Å². The Morgan fingerprint density at radius 2 is 2.00 bits per heavy atom. The van der Waals surface area contributed by atoms with Crippen molar-refractivity contribution in [1.29, 1.82) is 0 Å². The third-order valence-corrected chi connectivity index (χ3v) is 3.62. The van der Waals surface area contributed by atoms with Crippen LogP contribution < -0.4 is 10.1 Å². The zero-order chi connectivity index (χ0) is 13.1. The zero-order valence-electron chi connectivity index (χ0n) is 10.5. The van der Waals surface area contributed by atoms with Gasteiger partial charge in [0.15, 0.2) is 0 Å². The molecule has 0 aliphatic carbocycles. The summed E-state index contributed by atoms with van der Waals surface area (Å²) in [6, 6.07) is 9.95. The SMILES string of the molecule is CNCc1ccc(Oc2ncnc3ccsc23)cc1. The molecule has 0 unspecified atom stereocenters. The van der Waals surface area contributed by atoms with Crippen molar-refractivity contribution in [2.24, 2.45) is 0 Å². The maximum Gasteiger partial charge on any atom is 0.240 e. The highest BCUT2D eigenvalue weighted by molar-refractivity contribution is 7.17. The summed E-state index contributed by atoms with van der Waals surface area (Å²) in [6.45, 7) is 0.850. The van der Waals surface area contributed by atoms with E-state index in [4.69, 9.17) is 4.74 Å². The first-order valence-electron chi connectivity index (χ1n) is 5.96. The van der Waals surface area contributed by atoms with Crippen molar-refractivity contribution >= 4 is 21.6 Å². The van der Waals surface area contributed by atoms with Gasteiger partial charge in [0.25, 0.3) is 0 Å². The summed E-state index contributed by atoms with van der Waals surface area (Å²) in [5.41, 5.74) is 2.14. The Morgan fingerprint density at radius 3 is 2.79 bits per heavy atom. The molecule has 3 rings (SSSR count). The molecule has 0 aliphatic rings. The van der Waals surface area contributed by atoms with E-state index >= 15 is 0 Å². The smallest absolute Gasteiger partial charge is 0.240 e. The van der Waals surface area contributed by atoms with Crippen LogP contribution in [0.2, 0.25) is 0 Å². The molecule has 1 N–H and O–H groups in total. The molecule has 1 aromatic carbocycles. The second-order valence-electron chi connectivity index (χ2n) is 4.09. The maximum absolute atomic E-state index is 5.82. The van der Waals surface area contributed by atoms with Gasteiger partial charge < -0.3 is 10.1 Å². The number of nitrogens with one attached hydrogen (secondary N) is 1. The molecular weight excluding hydrogens is 258 g/mol. The van der Waals surface area contributed by atoms with Gasteiger partial charge in [0.05, 0.1) is 5.52 Å². The summed E-state index contributed by atoms with van der Waals surface area (Å²) in [5, 5.41) is 5.10. The fourth-order valence-electron chi connectivity index (χ4n) is 1.83. The van der Waals surface area contributed by atoms with Crippen LogP contribution in [0.5, 0.6) is 11.6 Å². The molecule has 3 aromatic rings. The highest BCUT2D eigenvalue weighted by atomic mass is 32.1. The number of rotatable bonds is 4. The van der Waals surface area contributed by atoms with Gasteiger partial charge in [-0.2, -0.15) is 0 Å². The third kappa shape index (κ3) is 2.57. The molecule has 2 aromatic heterocycles. The Balaban J connectivity index is 1.86. The molecule has 0 bridgehead atoms. The predicted octanol–water partition coefficient (Wildman–Crippen LogP) is 3.20. The third-order valence-electron chi connectivity index (χ3n) is 2.73. The van der Waals surface area contributed by atoms with E-state index in [0.29, 0.717) is 5.88 Å². The molecule has 0 fully saturated rings. The van der Waals surface area contributed by atoms with E-state index in [1.54, 1.807) is 11.3 Å². The lowest BCUT2D eigenvalue weighted by atomic mass is 10.2. The Morgan fingerprint density at radius 1 is 1.16 bits per heavy atom. The van der Waals surface area contributed by atoms with Crippen molar-refractivity contribution in [3.8, 4) is 11.6 Å². The fourth-order valence-corrected chi connectivity index (χ4v) is 2.60. The van der Waals surface area contributed by atoms with Crippen molar-refractivity contribution in [2.75, 3.05) is 7.05 Å². The average Bonchev–Trinajstić information content (AvgIpc) is 2.91. The summed E-state index contributed by atoms with van der Waals surface area (Å²) in [5.74, 6) is 1.40. The highest BCUT2D eigenvalue weighted by Crippen LogP contribution is 2.30. The van der Waals surface area contributed by atoms with Gasteiger partial charge in [-0.1, -0.05) is 12.1 Å². The average molecular weight is 271 g/mol. The summed E-state index contributed by atoms with van der Waals surface area (Å²) in [6.07, 6.45) is 1.53. The Bertz CT molecular complexity index is 678. The first-order chi connectivity index (χ1) is 9.36. The summed E-state index contributed by atoms with van der Waals surface area (Å²) >= 11 is 1.58. The minimum Gasteiger partial charge on any atom is -0.437 e. The second-order valence-corrected chi connectivity index (χ2v) is 5.01. The molecule has 2 heterocycles. The molecule has 96 valence electrons. The molecule has 0 atom stereocenters. The number of thiophene rings is 1. The van der Waals surface area contributed by atoms with Crippen LogP contribution in [0, 0.1) is 0 Å². The molecular formula is C14H13N3OS. The molecule has 19 heavy (non-hydrogen) atoms. The van der Waals surface area contributed by atoms with Crippen LogP contribution in [-0.4, -0.2) is 17.0 Å². The first kappa shape index (κ1) is 12.1. The van der Waals surface area contributed by atoms with Gasteiger partial charge >= 0.3 is 0 Å². The lowest BCUT2D eigenvalue weighted by Crippen LogP contribution is -2.04. The monoisotopic (exact) mass is 271 g/mol. The van der Waals surface area contributed by atoms with Gasteiger partial charge in [-0.05, 0) is 36.2 Å². The van der Waals surface area contributed by atoms with Gasteiger partial charge in [0.2, 0.25) is 5.88 Å². The topological polar surface area (TPSA) is 47.0 Å². The highest BCUT2D eigenvalue weighted by Gasteiger charge is 2.07. The maximum atomic E-state index is 5.82. The molecule has 0 amide bonds. The van der Waals surface area contributed by atoms with E-state index in [0.717, 1.165) is 22.5 Å². The van der Waals surface area contributed by atoms with Crippen LogP contribution in [0.25, 0.3) is 10.2 Å². The number of nitrogens with zero attached hydrogens (tertiary/aromatic N) is 2. The molecule has 0 saturated heterocycles. The van der Waals surface area contributed by atoms with Crippen molar-refractivity contribution in [2.45, 2.75) is 6.54 Å². The molecule has 0 saturated carbocycles. The van der Waals surface area contributed by atoms with E-state index in [1.165, 1.54) is 11.9 Å². The summed E-state index contributed by atoms with van der Waals surface area (Å²) < 4.78 is 6.80. The number of aromatic nitrogens is 2. The quantitative estimate of drug-likeness (QED) is 0.791. The van der Waals surface area contributed by atoms with Crippen LogP contribution >= 0.6 is 11.3 Å². The van der Waals surface area contributed by atoms with E-state index in [9.17, 15) is 0 Å². The number of hydrogen-bond acceptors (Lipinski definition) is 5. The van der Waals surface area contributed by atoms with Crippen molar-refractivity contribution in [3.63, 3.8) is 0 Å². The van der Waals surface area contributed by atoms with Crippen molar-refractivity contribution in [3.05, 3.63) is 47.6 Å². The Hall–Kier alpha value is -1.98. The molecule has 0 spiro atoms.